The second-order valence-corrected chi connectivity index (χ2v) is 6.98. The van der Waals surface area contributed by atoms with Crippen LogP contribution < -0.4 is 0 Å². The molecule has 2 aromatic rings. The van der Waals surface area contributed by atoms with Crippen molar-refractivity contribution in [1.82, 2.24) is 0 Å². The van der Waals surface area contributed by atoms with Gasteiger partial charge in [0, 0.05) is 9.50 Å². The molecule has 0 fully saturated rings. The van der Waals surface area contributed by atoms with Gasteiger partial charge in [0.15, 0.2) is 0 Å². The van der Waals surface area contributed by atoms with Crippen LogP contribution in [0.2, 0.25) is 5.02 Å². The topological polar surface area (TPSA) is 37.3 Å². The average Bonchev–Trinajstić information content (AvgIpc) is 2.52. The van der Waals surface area contributed by atoms with Crippen molar-refractivity contribution in [3.63, 3.8) is 0 Å². The fourth-order valence-electron chi connectivity index (χ4n) is 2.38. The van der Waals surface area contributed by atoms with Crippen LogP contribution in [0.15, 0.2) is 46.9 Å². The Balaban J connectivity index is 2.47. The number of hydrogen-bond acceptors (Lipinski definition) is 1. The highest BCUT2D eigenvalue weighted by molar-refractivity contribution is 9.10. The number of carboxylic acids is 1. The molecule has 0 heterocycles. The number of carboxylic acid groups (broad SMARTS) is 1. The molecule has 10 heteroatoms. The van der Waals surface area contributed by atoms with Crippen molar-refractivity contribution in [2.45, 2.75) is 18.3 Å². The summed E-state index contributed by atoms with van der Waals surface area (Å²) in [6, 6.07) is 5.52. The molecular formula is C18H10BrClF6O2. The molecule has 0 bridgehead atoms. The molecule has 0 aliphatic heterocycles. The molecule has 150 valence electrons. The van der Waals surface area contributed by atoms with E-state index in [1.807, 2.05) is 0 Å². The zero-order valence-electron chi connectivity index (χ0n) is 13.6. The van der Waals surface area contributed by atoms with Crippen molar-refractivity contribution in [3.05, 3.63) is 74.2 Å². The predicted octanol–water partition coefficient (Wildman–Crippen LogP) is 7.18. The van der Waals surface area contributed by atoms with E-state index in [1.54, 1.807) is 0 Å². The smallest absolute Gasteiger partial charge is 0.416 e. The number of hydrogen-bond donors (Lipinski definition) is 1. The van der Waals surface area contributed by atoms with E-state index in [-0.39, 0.29) is 15.6 Å². The van der Waals surface area contributed by atoms with Gasteiger partial charge in [-0.05, 0) is 57.4 Å². The van der Waals surface area contributed by atoms with Crippen LogP contribution in [0.4, 0.5) is 26.3 Å². The SMILES string of the molecule is O=C(O)c1ccc(/C=C/C(c2cc(Cl)cc(C(F)(F)F)c2)C(F)(F)F)cc1Br. The highest BCUT2D eigenvalue weighted by Gasteiger charge is 2.40. The molecule has 2 rings (SSSR count). The van der Waals surface area contributed by atoms with Gasteiger partial charge < -0.3 is 5.11 Å². The third kappa shape index (κ3) is 5.51. The molecule has 0 aliphatic rings. The Bertz CT molecular complexity index is 921. The van der Waals surface area contributed by atoms with Crippen molar-refractivity contribution in [2.75, 3.05) is 0 Å². The van der Waals surface area contributed by atoms with Gasteiger partial charge in [-0.15, -0.1) is 0 Å². The Morgan fingerprint density at radius 1 is 1.07 bits per heavy atom. The maximum Gasteiger partial charge on any atom is 0.416 e. The minimum Gasteiger partial charge on any atom is -0.478 e. The normalized spacial score (nSPS) is 13.7. The largest absolute Gasteiger partial charge is 0.478 e. The Labute approximate surface area is 168 Å². The van der Waals surface area contributed by atoms with Crippen LogP contribution in [-0.2, 0) is 6.18 Å². The minimum atomic E-state index is -4.87. The monoisotopic (exact) mass is 486 g/mol. The summed E-state index contributed by atoms with van der Waals surface area (Å²) < 4.78 is 79.2. The van der Waals surface area contributed by atoms with Gasteiger partial charge in [-0.25, -0.2) is 4.79 Å². The molecule has 0 saturated heterocycles. The van der Waals surface area contributed by atoms with Crippen LogP contribution in [0.1, 0.15) is 33.0 Å². The average molecular weight is 488 g/mol. The van der Waals surface area contributed by atoms with Gasteiger partial charge in [-0.2, -0.15) is 26.3 Å². The summed E-state index contributed by atoms with van der Waals surface area (Å²) in [6.45, 7) is 0. The fourth-order valence-corrected chi connectivity index (χ4v) is 3.19. The van der Waals surface area contributed by atoms with E-state index in [9.17, 15) is 31.1 Å². The number of aromatic carboxylic acids is 1. The van der Waals surface area contributed by atoms with Gasteiger partial charge in [0.1, 0.15) is 0 Å². The van der Waals surface area contributed by atoms with Crippen LogP contribution in [-0.4, -0.2) is 17.3 Å². The lowest BCUT2D eigenvalue weighted by Gasteiger charge is -2.19. The van der Waals surface area contributed by atoms with E-state index in [1.165, 1.54) is 18.2 Å². The Morgan fingerprint density at radius 2 is 1.71 bits per heavy atom. The standard InChI is InChI=1S/C18H10BrClF6O2/c19-15-5-9(1-3-13(15)16(27)28)2-4-14(18(24,25)26)10-6-11(17(21,22)23)8-12(20)7-10/h1-8,14H,(H,27,28)/b4-2+. The number of halogens is 8. The molecule has 2 aromatic carbocycles. The van der Waals surface area contributed by atoms with E-state index in [4.69, 9.17) is 16.7 Å². The first kappa shape index (κ1) is 22.3. The lowest BCUT2D eigenvalue weighted by atomic mass is 9.95. The quantitative estimate of drug-likeness (QED) is 0.464. The van der Waals surface area contributed by atoms with Gasteiger partial charge in [-0.1, -0.05) is 29.8 Å². The van der Waals surface area contributed by atoms with E-state index in [0.717, 1.165) is 12.1 Å². The molecule has 28 heavy (non-hydrogen) atoms. The van der Waals surface area contributed by atoms with Crippen molar-refractivity contribution in [2.24, 2.45) is 0 Å². The second-order valence-electron chi connectivity index (χ2n) is 5.69. The summed E-state index contributed by atoms with van der Waals surface area (Å²) in [5, 5.41) is 8.48. The van der Waals surface area contributed by atoms with Crippen molar-refractivity contribution < 1.29 is 36.2 Å². The van der Waals surface area contributed by atoms with Crippen LogP contribution in [0, 0.1) is 0 Å². The van der Waals surface area contributed by atoms with Crippen molar-refractivity contribution in [1.29, 1.82) is 0 Å². The first-order valence-corrected chi connectivity index (χ1v) is 8.61. The van der Waals surface area contributed by atoms with E-state index in [2.05, 4.69) is 15.9 Å². The molecule has 0 spiro atoms. The number of allylic oxidation sites excluding steroid dienone is 1. The summed E-state index contributed by atoms with van der Waals surface area (Å²) in [7, 11) is 0. The molecular weight excluding hydrogens is 478 g/mol. The van der Waals surface area contributed by atoms with E-state index >= 15 is 0 Å². The fraction of sp³-hybridized carbons (Fsp3) is 0.167. The number of carbonyl (C=O) groups is 1. The van der Waals surface area contributed by atoms with Gasteiger partial charge in [0.2, 0.25) is 0 Å². The lowest BCUT2D eigenvalue weighted by molar-refractivity contribution is -0.142. The maximum atomic E-state index is 13.5. The molecule has 2 nitrogen and oxygen atoms in total. The number of alkyl halides is 6. The Kier molecular flexibility index (Phi) is 6.50. The van der Waals surface area contributed by atoms with Gasteiger partial charge >= 0.3 is 18.3 Å². The second kappa shape index (κ2) is 8.16. The predicted molar refractivity (Wildman–Crippen MR) is 95.4 cm³/mol. The number of benzene rings is 2. The Hall–Kier alpha value is -2.00. The molecule has 1 unspecified atom stereocenters. The zero-order chi connectivity index (χ0) is 21.3. The minimum absolute atomic E-state index is 0.0887. The Morgan fingerprint density at radius 3 is 2.21 bits per heavy atom. The first-order valence-electron chi connectivity index (χ1n) is 7.44. The molecule has 1 atom stereocenters. The highest BCUT2D eigenvalue weighted by atomic mass is 79.9. The van der Waals surface area contributed by atoms with Crippen LogP contribution >= 0.6 is 27.5 Å². The van der Waals surface area contributed by atoms with Crippen molar-refractivity contribution in [3.8, 4) is 0 Å². The maximum absolute atomic E-state index is 13.5. The highest BCUT2D eigenvalue weighted by Crippen LogP contribution is 2.40. The first-order chi connectivity index (χ1) is 12.8. The zero-order valence-corrected chi connectivity index (χ0v) is 15.9. The third-order valence-corrected chi connectivity index (χ3v) is 4.54. The summed E-state index contributed by atoms with van der Waals surface area (Å²) in [6.07, 6.45) is -7.99. The van der Waals surface area contributed by atoms with Gasteiger partial charge in [0.25, 0.3) is 0 Å². The summed E-state index contributed by atoms with van der Waals surface area (Å²) in [4.78, 5) is 11.0. The van der Waals surface area contributed by atoms with Crippen LogP contribution in [0.25, 0.3) is 6.08 Å². The molecule has 0 aromatic heterocycles. The van der Waals surface area contributed by atoms with Gasteiger partial charge in [0.05, 0.1) is 17.0 Å². The summed E-state index contributed by atoms with van der Waals surface area (Å²) in [5.74, 6) is -3.57. The van der Waals surface area contributed by atoms with Crippen LogP contribution in [0.5, 0.6) is 0 Å². The third-order valence-electron chi connectivity index (χ3n) is 3.66. The number of rotatable bonds is 4. The molecule has 1 N–H and O–H groups in total. The van der Waals surface area contributed by atoms with Gasteiger partial charge in [-0.3, -0.25) is 0 Å². The summed E-state index contributed by atoms with van der Waals surface area (Å²) in [5.41, 5.74) is -1.81. The van der Waals surface area contributed by atoms with Crippen molar-refractivity contribution >= 4 is 39.6 Å². The van der Waals surface area contributed by atoms with Crippen LogP contribution in [0.3, 0.4) is 0 Å². The molecule has 0 saturated carbocycles. The van der Waals surface area contributed by atoms with E-state index < -0.39 is 40.4 Å². The lowest BCUT2D eigenvalue weighted by Crippen LogP contribution is -2.19. The molecule has 0 amide bonds. The molecule has 0 radical (unpaired) electrons. The summed E-state index contributed by atoms with van der Waals surface area (Å²) >= 11 is 8.58. The van der Waals surface area contributed by atoms with E-state index in [0.29, 0.717) is 18.2 Å². The molecule has 0 aliphatic carbocycles.